The van der Waals surface area contributed by atoms with Crippen LogP contribution in [-0.4, -0.2) is 12.1 Å². The topological polar surface area (TPSA) is 14.1 Å². The second-order valence-electron chi connectivity index (χ2n) is 5.09. The summed E-state index contributed by atoms with van der Waals surface area (Å²) in [6, 6.07) is 30.6. The molecule has 3 aromatic rings. The Labute approximate surface area is 137 Å². The zero-order chi connectivity index (χ0) is 15.7. The van der Waals surface area contributed by atoms with Crippen LogP contribution in [0.25, 0.3) is 0 Å². The molecule has 0 radical (unpaired) electrons. The molecule has 1 nitrogen and oxygen atoms in total. The molecule has 0 aromatic heterocycles. The molecule has 0 N–H and O–H groups in total. The molecule has 0 unspecified atom stereocenters. The van der Waals surface area contributed by atoms with Gasteiger partial charge in [-0.1, -0.05) is 76.3 Å². The maximum absolute atomic E-state index is 4.28. The zero-order valence-electron chi connectivity index (χ0n) is 12.8. The number of rotatable bonds is 4. The molecular formula is C22H17N. The van der Waals surface area contributed by atoms with Crippen molar-refractivity contribution in [1.82, 2.24) is 4.67 Å². The summed E-state index contributed by atoms with van der Waals surface area (Å²) in [6.45, 7) is 0. The van der Waals surface area contributed by atoms with Gasteiger partial charge in [-0.05, 0) is 12.1 Å². The summed E-state index contributed by atoms with van der Waals surface area (Å²) in [7, 11) is 0. The lowest BCUT2D eigenvalue weighted by Crippen LogP contribution is -1.99. The van der Waals surface area contributed by atoms with Crippen LogP contribution in [0.15, 0.2) is 97.1 Å². The summed E-state index contributed by atoms with van der Waals surface area (Å²) in [5.74, 6) is 4.15. The Balaban J connectivity index is 1.94. The highest BCUT2D eigenvalue weighted by Crippen LogP contribution is 2.23. The van der Waals surface area contributed by atoms with Crippen molar-refractivity contribution in [2.24, 2.45) is 0 Å². The van der Waals surface area contributed by atoms with E-state index >= 15 is 0 Å². The molecule has 0 saturated heterocycles. The van der Waals surface area contributed by atoms with Crippen molar-refractivity contribution in [3.8, 4) is 0 Å². The molecule has 0 amide bonds. The van der Waals surface area contributed by atoms with Crippen LogP contribution in [0.1, 0.15) is 16.7 Å². The third-order valence-corrected chi connectivity index (χ3v) is 3.47. The largest absolute Gasteiger partial charge is 0.304 e. The minimum Gasteiger partial charge on any atom is -0.108 e. The highest BCUT2D eigenvalue weighted by molar-refractivity contribution is 5.81. The van der Waals surface area contributed by atoms with Gasteiger partial charge < -0.3 is 0 Å². The van der Waals surface area contributed by atoms with Gasteiger partial charge in [-0.2, -0.15) is 0 Å². The molecule has 0 aliphatic rings. The second-order valence-corrected chi connectivity index (χ2v) is 5.09. The van der Waals surface area contributed by atoms with Crippen molar-refractivity contribution in [2.75, 3.05) is 0 Å². The van der Waals surface area contributed by atoms with Gasteiger partial charge in [0.05, 0.1) is 5.56 Å². The number of benzene rings is 3. The third kappa shape index (κ3) is 4.12. The minimum atomic E-state index is 1.06. The van der Waals surface area contributed by atoms with Crippen LogP contribution in [0.2, 0.25) is 0 Å². The van der Waals surface area contributed by atoms with Gasteiger partial charge in [0, 0.05) is 6.08 Å². The van der Waals surface area contributed by atoms with Crippen LogP contribution >= 0.6 is 0 Å². The van der Waals surface area contributed by atoms with Crippen LogP contribution in [-0.2, 0) is 0 Å². The van der Waals surface area contributed by atoms with E-state index in [0.29, 0.717) is 0 Å². The molecule has 0 saturated carbocycles. The van der Waals surface area contributed by atoms with Gasteiger partial charge in [-0.3, -0.25) is 0 Å². The fourth-order valence-corrected chi connectivity index (χ4v) is 2.32. The first kappa shape index (κ1) is 14.7. The van der Waals surface area contributed by atoms with Crippen molar-refractivity contribution in [1.29, 1.82) is 0 Å². The molecule has 110 valence electrons. The predicted octanol–water partition coefficient (Wildman–Crippen LogP) is 4.07. The Hall–Kier alpha value is -3.24. The van der Waals surface area contributed by atoms with Gasteiger partial charge in [0.25, 0.3) is 0 Å². The molecule has 0 aliphatic carbocycles. The molecule has 3 aromatic carbocycles. The molecule has 3 rings (SSSR count). The third-order valence-electron chi connectivity index (χ3n) is 3.47. The second kappa shape index (κ2) is 7.68. The lowest BCUT2D eigenvalue weighted by Gasteiger charge is -2.18. The summed E-state index contributed by atoms with van der Waals surface area (Å²) in [4.78, 5) is 0. The van der Waals surface area contributed by atoms with Gasteiger partial charge in [-0.15, -0.1) is 24.3 Å². The fourth-order valence-electron chi connectivity index (χ4n) is 2.32. The maximum Gasteiger partial charge on any atom is 0.304 e. The van der Waals surface area contributed by atoms with Gasteiger partial charge in [0.2, 0.25) is 5.87 Å². The number of nitrogens with zero attached hydrogens (tertiary/aromatic N) is 1. The first-order chi connectivity index (χ1) is 11.4. The Bertz CT molecular complexity index is 783. The van der Waals surface area contributed by atoms with Crippen molar-refractivity contribution < 1.29 is 0 Å². The van der Waals surface area contributed by atoms with E-state index in [9.17, 15) is 0 Å². The Morgan fingerprint density at radius 1 is 0.652 bits per heavy atom. The monoisotopic (exact) mass is 295 g/mol. The summed E-state index contributed by atoms with van der Waals surface area (Å²) >= 11 is 0. The molecule has 1 heteroatoms. The van der Waals surface area contributed by atoms with E-state index in [4.69, 9.17) is 0 Å². The highest BCUT2D eigenvalue weighted by atomic mass is 14.5. The van der Waals surface area contributed by atoms with E-state index in [-0.39, 0.29) is 0 Å². The first-order valence-electron chi connectivity index (χ1n) is 7.58. The summed E-state index contributed by atoms with van der Waals surface area (Å²) in [5.41, 5.74) is 3.37. The predicted molar refractivity (Wildman–Crippen MR) is 97.7 cm³/mol. The van der Waals surface area contributed by atoms with E-state index in [1.54, 1.807) is 0 Å². The van der Waals surface area contributed by atoms with Crippen LogP contribution in [0.5, 0.6) is 0 Å². The quantitative estimate of drug-likeness (QED) is 0.391. The molecule has 0 atom stereocenters. The van der Waals surface area contributed by atoms with Crippen molar-refractivity contribution in [3.05, 3.63) is 120 Å². The van der Waals surface area contributed by atoms with E-state index in [0.717, 1.165) is 22.6 Å². The molecule has 23 heavy (non-hydrogen) atoms. The van der Waals surface area contributed by atoms with Crippen LogP contribution in [0.3, 0.4) is 0 Å². The molecule has 0 fully saturated rings. The smallest absolute Gasteiger partial charge is 0.108 e. The highest BCUT2D eigenvalue weighted by Gasteiger charge is 2.04. The molecule has 0 bridgehead atoms. The van der Waals surface area contributed by atoms with E-state index in [1.165, 1.54) is 0 Å². The van der Waals surface area contributed by atoms with E-state index in [2.05, 4.69) is 34.8 Å². The van der Waals surface area contributed by atoms with Gasteiger partial charge >= 0.3 is 6.21 Å². The molecule has 0 spiro atoms. The van der Waals surface area contributed by atoms with Gasteiger partial charge in [-0.25, -0.2) is 0 Å². The molecule has 0 aliphatic heterocycles. The first-order valence-corrected chi connectivity index (χ1v) is 7.58. The SMILES string of the molecule is C(=C[C-](c1ccccc1)c1ccccc1)=[N+]=Cc1ccccc1. The normalized spacial score (nSPS) is 9.39. The van der Waals surface area contributed by atoms with Crippen molar-refractivity contribution >= 4 is 12.1 Å². The molecule has 0 heterocycles. The van der Waals surface area contributed by atoms with Crippen LogP contribution in [0, 0.1) is 5.92 Å². The van der Waals surface area contributed by atoms with Crippen molar-refractivity contribution in [3.63, 3.8) is 0 Å². The number of hydrogen-bond donors (Lipinski definition) is 0. The van der Waals surface area contributed by atoms with Crippen LogP contribution in [0.4, 0.5) is 0 Å². The van der Waals surface area contributed by atoms with Gasteiger partial charge in [0.15, 0.2) is 0 Å². The van der Waals surface area contributed by atoms with Gasteiger partial charge in [0.1, 0.15) is 0 Å². The summed E-state index contributed by atoms with van der Waals surface area (Å²) < 4.78 is 4.28. The average Bonchev–Trinajstić information content (AvgIpc) is 2.64. The Kier molecular flexibility index (Phi) is 4.90. The van der Waals surface area contributed by atoms with Crippen molar-refractivity contribution in [2.45, 2.75) is 0 Å². The number of allylic oxidation sites excluding steroid dienone is 1. The summed E-state index contributed by atoms with van der Waals surface area (Å²) in [6.07, 6.45) is 3.74. The number of hydrogen-bond acceptors (Lipinski definition) is 0. The Morgan fingerprint density at radius 2 is 1.13 bits per heavy atom. The summed E-state index contributed by atoms with van der Waals surface area (Å²) in [5, 5.41) is 0. The average molecular weight is 295 g/mol. The standard InChI is InChI=1S/C22H17N/c1-4-10-19(11-5-1)18-23-17-16-22(20-12-6-2-7-13-20)21-14-8-3-9-15-21/h1-16,18H. The van der Waals surface area contributed by atoms with E-state index in [1.807, 2.05) is 79.0 Å². The lowest BCUT2D eigenvalue weighted by atomic mass is 9.91. The van der Waals surface area contributed by atoms with Crippen LogP contribution < -0.4 is 4.67 Å². The lowest BCUT2D eigenvalue weighted by molar-refractivity contribution is 1.30. The maximum atomic E-state index is 4.28. The Morgan fingerprint density at radius 3 is 1.65 bits per heavy atom. The fraction of sp³-hybridized carbons (Fsp3) is 0. The minimum absolute atomic E-state index is 1.06. The zero-order valence-corrected chi connectivity index (χ0v) is 12.8. The van der Waals surface area contributed by atoms with E-state index < -0.39 is 0 Å². The molecular weight excluding hydrogens is 278 g/mol.